The van der Waals surface area contributed by atoms with Crippen LogP contribution >= 0.6 is 0 Å². The lowest BCUT2D eigenvalue weighted by atomic mass is 10.1. The van der Waals surface area contributed by atoms with Crippen LogP contribution in [0.1, 0.15) is 25.7 Å². The van der Waals surface area contributed by atoms with Crippen molar-refractivity contribution in [2.75, 3.05) is 40.4 Å². The predicted molar refractivity (Wildman–Crippen MR) is 75.9 cm³/mol. The van der Waals surface area contributed by atoms with Gasteiger partial charge in [-0.25, -0.2) is 4.79 Å². The van der Waals surface area contributed by atoms with Gasteiger partial charge in [0, 0.05) is 51.9 Å². The molecule has 0 radical (unpaired) electrons. The third-order valence-electron chi connectivity index (χ3n) is 3.66. The molecule has 0 N–H and O–H groups in total. The smallest absolute Gasteiger partial charge is 0.320 e. The average Bonchev–Trinajstić information content (AvgIpc) is 2.49. The molecule has 20 heavy (non-hydrogen) atoms. The van der Waals surface area contributed by atoms with Crippen LogP contribution in [0, 0.1) is 0 Å². The van der Waals surface area contributed by atoms with E-state index in [0.717, 1.165) is 63.3 Å². The topological polar surface area (TPSA) is 66.7 Å². The molecule has 112 valence electrons. The van der Waals surface area contributed by atoms with E-state index in [1.807, 2.05) is 9.80 Å². The van der Waals surface area contributed by atoms with Crippen LogP contribution in [0.5, 0.6) is 0 Å². The van der Waals surface area contributed by atoms with Gasteiger partial charge in [0.25, 0.3) is 0 Å². The first-order chi connectivity index (χ1) is 9.74. The molecule has 2 fully saturated rings. The fourth-order valence-corrected chi connectivity index (χ4v) is 2.55. The summed E-state index contributed by atoms with van der Waals surface area (Å²) in [5.74, 6) is 0. The molecule has 2 aliphatic rings. The van der Waals surface area contributed by atoms with Crippen molar-refractivity contribution in [3.05, 3.63) is 0 Å². The Morgan fingerprint density at radius 2 is 1.20 bits per heavy atom. The van der Waals surface area contributed by atoms with Crippen LogP contribution in [0.15, 0.2) is 10.3 Å². The summed E-state index contributed by atoms with van der Waals surface area (Å²) in [6.45, 7) is 2.88. The molecule has 0 aromatic rings. The second kappa shape index (κ2) is 7.12. The molecule has 2 heterocycles. The quantitative estimate of drug-likeness (QED) is 0.717. The number of oxime groups is 2. The minimum Gasteiger partial charge on any atom is -0.399 e. The van der Waals surface area contributed by atoms with Crippen LogP contribution < -0.4 is 0 Å². The van der Waals surface area contributed by atoms with E-state index in [-0.39, 0.29) is 6.03 Å². The van der Waals surface area contributed by atoms with E-state index in [1.165, 1.54) is 0 Å². The first-order valence-corrected chi connectivity index (χ1v) is 6.96. The van der Waals surface area contributed by atoms with Crippen LogP contribution in [0.25, 0.3) is 0 Å². The van der Waals surface area contributed by atoms with Crippen molar-refractivity contribution in [1.82, 2.24) is 9.80 Å². The van der Waals surface area contributed by atoms with E-state index in [4.69, 9.17) is 9.68 Å². The van der Waals surface area contributed by atoms with Gasteiger partial charge in [-0.15, -0.1) is 0 Å². The van der Waals surface area contributed by atoms with Crippen molar-refractivity contribution >= 4 is 17.5 Å². The predicted octanol–water partition coefficient (Wildman–Crippen LogP) is 1.30. The van der Waals surface area contributed by atoms with Gasteiger partial charge in [-0.05, 0) is 0 Å². The van der Waals surface area contributed by atoms with Gasteiger partial charge < -0.3 is 19.5 Å². The number of likely N-dealkylation sites (tertiary alicyclic amines) is 2. The van der Waals surface area contributed by atoms with Crippen molar-refractivity contribution in [3.8, 4) is 0 Å². The lowest BCUT2D eigenvalue weighted by Crippen LogP contribution is -2.49. The molecular weight excluding hydrogens is 260 g/mol. The maximum absolute atomic E-state index is 12.4. The number of amides is 2. The summed E-state index contributed by atoms with van der Waals surface area (Å²) in [6, 6.07) is 0.123. The average molecular weight is 282 g/mol. The number of hydrogen-bond acceptors (Lipinski definition) is 5. The zero-order valence-corrected chi connectivity index (χ0v) is 12.2. The first kappa shape index (κ1) is 14.6. The third-order valence-corrected chi connectivity index (χ3v) is 3.66. The minimum absolute atomic E-state index is 0.123. The Morgan fingerprint density at radius 3 is 1.50 bits per heavy atom. The maximum atomic E-state index is 12.4. The second-order valence-corrected chi connectivity index (χ2v) is 4.94. The summed E-state index contributed by atoms with van der Waals surface area (Å²) in [6.07, 6.45) is 3.18. The fraction of sp³-hybridized carbons (Fsp3) is 0.769. The monoisotopic (exact) mass is 282 g/mol. The van der Waals surface area contributed by atoms with Gasteiger partial charge in [0.15, 0.2) is 0 Å². The van der Waals surface area contributed by atoms with Crippen molar-refractivity contribution in [2.45, 2.75) is 25.7 Å². The molecule has 7 nitrogen and oxygen atoms in total. The molecular formula is C13H22N4O3. The van der Waals surface area contributed by atoms with Crippen LogP contribution in [-0.2, 0) is 9.68 Å². The molecule has 0 aliphatic carbocycles. The number of nitrogens with zero attached hydrogens (tertiary/aromatic N) is 4. The third kappa shape index (κ3) is 3.61. The summed E-state index contributed by atoms with van der Waals surface area (Å²) in [4.78, 5) is 25.7. The molecule has 0 atom stereocenters. The Balaban J connectivity index is 1.81. The number of urea groups is 1. The summed E-state index contributed by atoms with van der Waals surface area (Å²) in [5, 5.41) is 7.91. The molecule has 7 heteroatoms. The Kier molecular flexibility index (Phi) is 5.20. The van der Waals surface area contributed by atoms with Crippen molar-refractivity contribution in [1.29, 1.82) is 0 Å². The highest BCUT2D eigenvalue weighted by Gasteiger charge is 2.27. The summed E-state index contributed by atoms with van der Waals surface area (Å²) < 4.78 is 0. The Bertz CT molecular complexity index is 352. The zero-order chi connectivity index (χ0) is 14.4. The molecule has 0 aromatic heterocycles. The van der Waals surface area contributed by atoms with E-state index in [0.29, 0.717) is 0 Å². The maximum Gasteiger partial charge on any atom is 0.320 e. The van der Waals surface area contributed by atoms with Gasteiger partial charge in [-0.2, -0.15) is 0 Å². The largest absolute Gasteiger partial charge is 0.399 e. The van der Waals surface area contributed by atoms with Crippen LogP contribution in [0.4, 0.5) is 4.79 Å². The molecule has 2 amide bonds. The number of carbonyl (C=O) groups excluding carboxylic acids is 1. The lowest BCUT2D eigenvalue weighted by molar-refractivity contribution is 0.149. The Morgan fingerprint density at radius 1 is 0.850 bits per heavy atom. The SMILES string of the molecule is CON=C1CCN(C(=O)N2CCC(=NOC)CC2)CC1. The summed E-state index contributed by atoms with van der Waals surface area (Å²) in [7, 11) is 3.11. The second-order valence-electron chi connectivity index (χ2n) is 4.94. The van der Waals surface area contributed by atoms with Crippen molar-refractivity contribution in [3.63, 3.8) is 0 Å². The van der Waals surface area contributed by atoms with Crippen molar-refractivity contribution in [2.24, 2.45) is 10.3 Å². The highest BCUT2D eigenvalue weighted by atomic mass is 16.6. The molecule has 2 saturated heterocycles. The van der Waals surface area contributed by atoms with E-state index in [1.54, 1.807) is 14.2 Å². The van der Waals surface area contributed by atoms with E-state index >= 15 is 0 Å². The van der Waals surface area contributed by atoms with Crippen LogP contribution in [0.2, 0.25) is 0 Å². The van der Waals surface area contributed by atoms with Gasteiger partial charge in [-0.3, -0.25) is 0 Å². The van der Waals surface area contributed by atoms with E-state index in [2.05, 4.69) is 10.3 Å². The highest BCUT2D eigenvalue weighted by molar-refractivity contribution is 5.88. The minimum atomic E-state index is 0.123. The highest BCUT2D eigenvalue weighted by Crippen LogP contribution is 2.14. The molecule has 0 aromatic carbocycles. The number of rotatable bonds is 2. The number of carbonyl (C=O) groups is 1. The summed E-state index contributed by atoms with van der Waals surface area (Å²) in [5.41, 5.74) is 2.06. The molecule has 0 bridgehead atoms. The number of hydrogen-bond donors (Lipinski definition) is 0. The van der Waals surface area contributed by atoms with Gasteiger partial charge in [0.2, 0.25) is 0 Å². The Hall–Kier alpha value is -1.79. The molecule has 2 aliphatic heterocycles. The van der Waals surface area contributed by atoms with E-state index in [9.17, 15) is 4.79 Å². The standard InChI is InChI=1S/C13H22N4O3/c1-19-14-11-3-7-16(8-4-11)13(18)17-9-5-12(6-10-17)15-20-2/h3-10H2,1-2H3. The fourth-order valence-electron chi connectivity index (χ4n) is 2.55. The van der Waals surface area contributed by atoms with Gasteiger partial charge in [0.05, 0.1) is 11.4 Å². The van der Waals surface area contributed by atoms with Gasteiger partial charge in [-0.1, -0.05) is 10.3 Å². The van der Waals surface area contributed by atoms with Gasteiger partial charge >= 0.3 is 6.03 Å². The van der Waals surface area contributed by atoms with E-state index < -0.39 is 0 Å². The zero-order valence-electron chi connectivity index (χ0n) is 12.2. The molecule has 0 saturated carbocycles. The normalized spacial score (nSPS) is 19.7. The van der Waals surface area contributed by atoms with Gasteiger partial charge in [0.1, 0.15) is 14.2 Å². The van der Waals surface area contributed by atoms with Crippen LogP contribution in [0.3, 0.4) is 0 Å². The molecule has 0 unspecified atom stereocenters. The number of piperidine rings is 2. The Labute approximate surface area is 119 Å². The van der Waals surface area contributed by atoms with Crippen molar-refractivity contribution < 1.29 is 14.5 Å². The summed E-state index contributed by atoms with van der Waals surface area (Å²) >= 11 is 0. The first-order valence-electron chi connectivity index (χ1n) is 6.96. The molecule has 0 spiro atoms. The van der Waals surface area contributed by atoms with Crippen LogP contribution in [-0.4, -0.2) is 67.7 Å². The molecule has 2 rings (SSSR count). The lowest BCUT2D eigenvalue weighted by Gasteiger charge is -2.35.